The summed E-state index contributed by atoms with van der Waals surface area (Å²) in [6, 6.07) is 3.21. The summed E-state index contributed by atoms with van der Waals surface area (Å²) < 4.78 is 0. The number of aromatic amines is 1. The lowest BCUT2D eigenvalue weighted by Gasteiger charge is -2.40. The van der Waals surface area contributed by atoms with Crippen LogP contribution in [0.1, 0.15) is 145 Å². The molecule has 7 atom stereocenters. The van der Waals surface area contributed by atoms with Gasteiger partial charge in [0.15, 0.2) is 11.9 Å². The zero-order chi connectivity index (χ0) is 40.3. The second-order valence-electron chi connectivity index (χ2n) is 17.9. The molecule has 3 aliphatic carbocycles. The predicted molar refractivity (Wildman–Crippen MR) is 213 cm³/mol. The monoisotopic (exact) mass is 774 g/mol. The smallest absolute Gasteiger partial charge is 0.268 e. The van der Waals surface area contributed by atoms with Gasteiger partial charge in [-0.25, -0.2) is 0 Å². The number of carbonyl (C=O) groups excluding carboxylic acids is 6. The molecule has 1 aromatic heterocycles. The quantitative estimate of drug-likeness (QED) is 0.151. The number of benzene rings is 1. The Balaban J connectivity index is 1.23. The van der Waals surface area contributed by atoms with Gasteiger partial charge >= 0.3 is 0 Å². The Morgan fingerprint density at radius 1 is 0.875 bits per heavy atom. The highest BCUT2D eigenvalue weighted by Gasteiger charge is 2.51. The van der Waals surface area contributed by atoms with Crippen LogP contribution in [0.2, 0.25) is 0 Å². The number of fused-ring (bicyclic) bond motifs is 2. The Bertz CT molecular complexity index is 1790. The first-order valence-corrected chi connectivity index (χ1v) is 21.0. The maximum atomic E-state index is 15.0. The van der Waals surface area contributed by atoms with Gasteiger partial charge in [-0.3, -0.25) is 28.8 Å². The van der Waals surface area contributed by atoms with E-state index in [9.17, 15) is 33.9 Å². The number of aromatic nitrogens is 1. The van der Waals surface area contributed by atoms with E-state index in [1.165, 1.54) is 6.92 Å². The number of likely N-dealkylation sites (tertiary alicyclic amines) is 1. The van der Waals surface area contributed by atoms with E-state index in [0.29, 0.717) is 35.7 Å². The van der Waals surface area contributed by atoms with Crippen molar-refractivity contribution in [2.24, 2.45) is 17.3 Å². The molecule has 0 spiro atoms. The Hall–Kier alpha value is -4.26. The molecule has 5 amide bonds. The number of Topliss-reactive ketones (excluding diaryl/α,β-unsaturated/α-hetero) is 1. The Morgan fingerprint density at radius 3 is 2.23 bits per heavy atom. The number of hydrogen-bond acceptors (Lipinski definition) is 7. The van der Waals surface area contributed by atoms with Crippen LogP contribution >= 0.6 is 0 Å². The lowest BCUT2D eigenvalue weighted by atomic mass is 9.81. The van der Waals surface area contributed by atoms with Crippen LogP contribution in [-0.2, 0) is 19.2 Å². The molecule has 6 N–H and O–H groups in total. The number of ketones is 1. The summed E-state index contributed by atoms with van der Waals surface area (Å²) in [6.45, 7) is 9.08. The summed E-state index contributed by atoms with van der Waals surface area (Å²) >= 11 is 0. The lowest BCUT2D eigenvalue weighted by molar-refractivity contribution is -0.147. The summed E-state index contributed by atoms with van der Waals surface area (Å²) in [6.07, 6.45) is 9.79. The number of hydrogen-bond donors (Lipinski definition) is 6. The van der Waals surface area contributed by atoms with E-state index in [-0.39, 0.29) is 41.3 Å². The van der Waals surface area contributed by atoms with Gasteiger partial charge in [0.2, 0.25) is 17.7 Å². The molecule has 1 aliphatic heterocycles. The Morgan fingerprint density at radius 2 is 1.57 bits per heavy atom. The molecule has 3 saturated carbocycles. The van der Waals surface area contributed by atoms with Crippen molar-refractivity contribution >= 4 is 46.2 Å². The first-order valence-electron chi connectivity index (χ1n) is 21.0. The molecule has 13 nitrogen and oxygen atoms in total. The van der Waals surface area contributed by atoms with Gasteiger partial charge in [-0.1, -0.05) is 66.2 Å². The van der Waals surface area contributed by atoms with Crippen LogP contribution in [0.3, 0.4) is 0 Å². The van der Waals surface area contributed by atoms with Crippen LogP contribution < -0.4 is 21.3 Å². The normalized spacial score (nSPS) is 23.7. The first kappa shape index (κ1) is 41.4. The number of amides is 5. The minimum Gasteiger partial charge on any atom is -0.381 e. The third-order valence-corrected chi connectivity index (χ3v) is 12.5. The van der Waals surface area contributed by atoms with Crippen LogP contribution in [0.15, 0.2) is 24.3 Å². The van der Waals surface area contributed by atoms with Crippen molar-refractivity contribution in [3.05, 3.63) is 35.5 Å². The molecule has 2 heterocycles. The second kappa shape index (κ2) is 17.5. The average Bonchev–Trinajstić information content (AvgIpc) is 3.73. The fourth-order valence-corrected chi connectivity index (χ4v) is 9.19. The van der Waals surface area contributed by atoms with Crippen molar-refractivity contribution in [1.82, 2.24) is 31.2 Å². The molecule has 306 valence electrons. The maximum Gasteiger partial charge on any atom is 0.268 e. The molecule has 2 unspecified atom stereocenters. The third kappa shape index (κ3) is 9.46. The number of carbonyl (C=O) groups is 6. The highest BCUT2D eigenvalue weighted by atomic mass is 16.3. The molecule has 1 aromatic carbocycles. The van der Waals surface area contributed by atoms with Gasteiger partial charge in [-0.15, -0.1) is 0 Å². The van der Waals surface area contributed by atoms with Crippen LogP contribution in [0.5, 0.6) is 0 Å². The molecule has 13 heteroatoms. The third-order valence-electron chi connectivity index (χ3n) is 12.5. The van der Waals surface area contributed by atoms with Crippen molar-refractivity contribution in [3.63, 3.8) is 0 Å². The maximum absolute atomic E-state index is 15.0. The summed E-state index contributed by atoms with van der Waals surface area (Å²) in [4.78, 5) is 87.2. The standard InChI is InChI=1S/C43H62N6O7/c1-6-12-31(36(51)41(55)44-29-18-19-29)46-39(53)34-23-27-15-10-11-16-33(27)49(34)42(56)37(43(3,4)5)48-40(54)35(25-13-8-7-9-14-25)47-38(52)32-22-28-21-26(24(2)50)17-20-30(28)45-32/h17,20-22,25,27,29,31,33-37,45,51H,6-16,18-19,23H2,1-5H3,(H,44,55)(H,46,53)(H,47,52)(H,48,54)/t27-,31-,33-,34-,35-,36?,37?/m0/s1. The molecule has 4 aliphatic rings. The van der Waals surface area contributed by atoms with Crippen LogP contribution in [0.25, 0.3) is 10.9 Å². The zero-order valence-corrected chi connectivity index (χ0v) is 33.7. The SMILES string of the molecule is CCC[C@H](NC(=O)[C@@H]1C[C@@H]2CCCC[C@@H]2N1C(=O)C(NC(=O)[C@@H](NC(=O)c1cc2cc(C(C)=O)ccc2[nH]1)C1CCCCC1)C(C)(C)C)C(O)C(=O)NC1CC1. The minimum absolute atomic E-state index is 0.0625. The molecule has 1 saturated heterocycles. The number of H-pyrrole nitrogens is 1. The number of nitrogens with zero attached hydrogens (tertiary/aromatic N) is 1. The molecule has 0 radical (unpaired) electrons. The Labute approximate surface area is 330 Å². The summed E-state index contributed by atoms with van der Waals surface area (Å²) in [5, 5.41) is 23.6. The highest BCUT2D eigenvalue weighted by Crippen LogP contribution is 2.41. The van der Waals surface area contributed by atoms with E-state index >= 15 is 0 Å². The Kier molecular flexibility index (Phi) is 12.9. The molecule has 4 fully saturated rings. The molecule has 6 rings (SSSR count). The average molecular weight is 775 g/mol. The molecular weight excluding hydrogens is 713 g/mol. The van der Waals surface area contributed by atoms with Gasteiger partial charge in [-0.2, -0.15) is 0 Å². The van der Waals surface area contributed by atoms with Crippen LogP contribution in [0, 0.1) is 17.3 Å². The topological polar surface area (TPSA) is 190 Å². The summed E-state index contributed by atoms with van der Waals surface area (Å²) in [5.41, 5.74) is 0.741. The van der Waals surface area contributed by atoms with Gasteiger partial charge in [-0.05, 0) is 99.8 Å². The van der Waals surface area contributed by atoms with Crippen LogP contribution in [-0.4, -0.2) is 92.7 Å². The highest BCUT2D eigenvalue weighted by molar-refractivity contribution is 6.03. The van der Waals surface area contributed by atoms with Gasteiger partial charge in [0, 0.05) is 28.6 Å². The minimum atomic E-state index is -1.41. The molecular formula is C43H62N6O7. The van der Waals surface area contributed by atoms with Gasteiger partial charge in [0.25, 0.3) is 11.8 Å². The number of aliphatic hydroxyl groups excluding tert-OH is 1. The van der Waals surface area contributed by atoms with Gasteiger partial charge in [0.05, 0.1) is 6.04 Å². The number of nitrogens with one attached hydrogen (secondary N) is 5. The van der Waals surface area contributed by atoms with Crippen LogP contribution in [0.4, 0.5) is 0 Å². The molecule has 56 heavy (non-hydrogen) atoms. The van der Waals surface area contributed by atoms with E-state index in [2.05, 4.69) is 26.3 Å². The molecule has 0 bridgehead atoms. The number of aliphatic hydroxyl groups is 1. The van der Waals surface area contributed by atoms with Crippen molar-refractivity contribution < 1.29 is 33.9 Å². The molecule has 2 aromatic rings. The summed E-state index contributed by atoms with van der Waals surface area (Å²) in [7, 11) is 0. The largest absolute Gasteiger partial charge is 0.381 e. The fraction of sp³-hybridized carbons (Fsp3) is 0.674. The van der Waals surface area contributed by atoms with Crippen molar-refractivity contribution in [2.75, 3.05) is 0 Å². The van der Waals surface area contributed by atoms with Crippen molar-refractivity contribution in [1.29, 1.82) is 0 Å². The second-order valence-corrected chi connectivity index (χ2v) is 17.9. The summed E-state index contributed by atoms with van der Waals surface area (Å²) in [5.74, 6) is -2.24. The fourth-order valence-electron chi connectivity index (χ4n) is 9.19. The first-order chi connectivity index (χ1) is 26.7. The van der Waals surface area contributed by atoms with E-state index in [4.69, 9.17) is 0 Å². The van der Waals surface area contributed by atoms with E-state index in [0.717, 1.165) is 70.6 Å². The number of rotatable bonds is 14. The van der Waals surface area contributed by atoms with E-state index in [1.807, 2.05) is 27.7 Å². The van der Waals surface area contributed by atoms with Crippen molar-refractivity contribution in [2.45, 2.75) is 167 Å². The van der Waals surface area contributed by atoms with Gasteiger partial charge in [0.1, 0.15) is 23.8 Å². The lowest BCUT2D eigenvalue weighted by Crippen LogP contribution is -2.63. The zero-order valence-electron chi connectivity index (χ0n) is 33.7. The van der Waals surface area contributed by atoms with E-state index < -0.39 is 59.3 Å². The van der Waals surface area contributed by atoms with E-state index in [1.54, 1.807) is 29.2 Å². The predicted octanol–water partition coefficient (Wildman–Crippen LogP) is 4.66. The van der Waals surface area contributed by atoms with Gasteiger partial charge < -0.3 is 36.3 Å². The van der Waals surface area contributed by atoms with Crippen molar-refractivity contribution in [3.8, 4) is 0 Å².